The Morgan fingerprint density at radius 2 is 1.70 bits per heavy atom. The Morgan fingerprint density at radius 3 is 2.48 bits per heavy atom. The van der Waals surface area contributed by atoms with Crippen LogP contribution in [0, 0.1) is 0 Å². The number of nitrogens with one attached hydrogen (secondary N) is 2. The van der Waals surface area contributed by atoms with Gasteiger partial charge in [-0.05, 0) is 59.4 Å². The van der Waals surface area contributed by atoms with Gasteiger partial charge in [-0.1, -0.05) is 71.7 Å². The standard InChI is InChI=1S/C25H17Cl2N3O2S/c26-17-11-12-20(22(27)14-17)24(31)32-23-13-10-16-6-4-5-9-19(16)21(23)15-28-30-25(33)29-18-7-2-1-3-8-18/h1-15H,(H2,29,30,33). The number of carbonyl (C=O) groups is 1. The second kappa shape index (κ2) is 10.4. The van der Waals surface area contributed by atoms with Crippen LogP contribution < -0.4 is 15.5 Å². The molecule has 4 aromatic carbocycles. The molecule has 0 radical (unpaired) electrons. The third-order valence-electron chi connectivity index (χ3n) is 4.68. The van der Waals surface area contributed by atoms with Crippen LogP contribution in [-0.2, 0) is 0 Å². The second-order valence-electron chi connectivity index (χ2n) is 6.90. The van der Waals surface area contributed by atoms with Crippen LogP contribution in [0.25, 0.3) is 10.8 Å². The van der Waals surface area contributed by atoms with E-state index >= 15 is 0 Å². The van der Waals surface area contributed by atoms with Gasteiger partial charge < -0.3 is 10.1 Å². The first-order chi connectivity index (χ1) is 16.0. The normalized spacial score (nSPS) is 10.8. The Bertz CT molecular complexity index is 1360. The first-order valence-corrected chi connectivity index (χ1v) is 11.0. The Kier molecular flexibility index (Phi) is 7.19. The van der Waals surface area contributed by atoms with Crippen LogP contribution in [0.2, 0.25) is 10.0 Å². The zero-order chi connectivity index (χ0) is 23.2. The first kappa shape index (κ1) is 22.7. The van der Waals surface area contributed by atoms with Crippen LogP contribution in [0.3, 0.4) is 0 Å². The van der Waals surface area contributed by atoms with Gasteiger partial charge in [-0.25, -0.2) is 4.79 Å². The van der Waals surface area contributed by atoms with Gasteiger partial charge in [0.1, 0.15) is 5.75 Å². The van der Waals surface area contributed by atoms with Crippen molar-refractivity contribution in [2.75, 3.05) is 5.32 Å². The number of hydrogen-bond acceptors (Lipinski definition) is 4. The molecule has 0 heterocycles. The fourth-order valence-corrected chi connectivity index (χ4v) is 3.80. The molecule has 0 bridgehead atoms. The maximum Gasteiger partial charge on any atom is 0.345 e. The summed E-state index contributed by atoms with van der Waals surface area (Å²) in [5.41, 5.74) is 4.45. The van der Waals surface area contributed by atoms with E-state index in [0.717, 1.165) is 16.5 Å². The van der Waals surface area contributed by atoms with Gasteiger partial charge in [-0.3, -0.25) is 5.43 Å². The number of ether oxygens (including phenoxy) is 1. The molecule has 0 saturated heterocycles. The molecular formula is C25H17Cl2N3O2S. The lowest BCUT2D eigenvalue weighted by molar-refractivity contribution is 0.0735. The summed E-state index contributed by atoms with van der Waals surface area (Å²) in [6, 6.07) is 25.4. The van der Waals surface area contributed by atoms with Crippen LogP contribution in [0.15, 0.2) is 90.0 Å². The minimum Gasteiger partial charge on any atom is -0.422 e. The summed E-state index contributed by atoms with van der Waals surface area (Å²) in [4.78, 5) is 12.8. The van der Waals surface area contributed by atoms with Gasteiger partial charge in [-0.15, -0.1) is 0 Å². The average molecular weight is 494 g/mol. The number of carbonyl (C=O) groups excluding carboxylic acids is 1. The third kappa shape index (κ3) is 5.68. The zero-order valence-electron chi connectivity index (χ0n) is 17.1. The predicted octanol–water partition coefficient (Wildman–Crippen LogP) is 6.69. The van der Waals surface area contributed by atoms with Gasteiger partial charge >= 0.3 is 5.97 Å². The minimum atomic E-state index is -0.601. The molecule has 0 amide bonds. The Morgan fingerprint density at radius 1 is 0.939 bits per heavy atom. The largest absolute Gasteiger partial charge is 0.422 e. The molecule has 5 nitrogen and oxygen atoms in total. The van der Waals surface area contributed by atoms with Crippen LogP contribution in [0.4, 0.5) is 5.69 Å². The van der Waals surface area contributed by atoms with E-state index in [9.17, 15) is 4.79 Å². The SMILES string of the molecule is O=C(Oc1ccc2ccccc2c1C=NNC(=S)Nc1ccccc1)c1ccc(Cl)cc1Cl. The Balaban J connectivity index is 1.59. The summed E-state index contributed by atoms with van der Waals surface area (Å²) in [5.74, 6) is -0.270. The highest BCUT2D eigenvalue weighted by atomic mass is 35.5. The van der Waals surface area contributed by atoms with Crippen molar-refractivity contribution in [3.8, 4) is 5.75 Å². The molecule has 164 valence electrons. The van der Waals surface area contributed by atoms with Crippen molar-refractivity contribution in [3.63, 3.8) is 0 Å². The summed E-state index contributed by atoms with van der Waals surface area (Å²) in [5, 5.41) is 10.1. The molecular weight excluding hydrogens is 477 g/mol. The number of hydrogen-bond donors (Lipinski definition) is 2. The van der Waals surface area contributed by atoms with Gasteiger partial charge in [0.05, 0.1) is 16.8 Å². The quantitative estimate of drug-likeness (QED) is 0.106. The maximum absolute atomic E-state index is 12.8. The lowest BCUT2D eigenvalue weighted by atomic mass is 10.0. The minimum absolute atomic E-state index is 0.211. The van der Waals surface area contributed by atoms with E-state index in [0.29, 0.717) is 21.4 Å². The highest BCUT2D eigenvalue weighted by molar-refractivity contribution is 7.80. The molecule has 0 spiro atoms. The molecule has 0 aliphatic rings. The molecule has 0 aliphatic heterocycles. The predicted molar refractivity (Wildman–Crippen MR) is 139 cm³/mol. The summed E-state index contributed by atoms with van der Waals surface area (Å²) in [7, 11) is 0. The summed E-state index contributed by atoms with van der Waals surface area (Å²) >= 11 is 17.4. The van der Waals surface area contributed by atoms with Crippen molar-refractivity contribution in [1.29, 1.82) is 0 Å². The molecule has 33 heavy (non-hydrogen) atoms. The van der Waals surface area contributed by atoms with Crippen LogP contribution in [0.5, 0.6) is 5.75 Å². The van der Waals surface area contributed by atoms with E-state index in [1.54, 1.807) is 18.3 Å². The topological polar surface area (TPSA) is 62.7 Å². The molecule has 0 saturated carbocycles. The smallest absolute Gasteiger partial charge is 0.345 e. The van der Waals surface area contributed by atoms with Crippen molar-refractivity contribution in [1.82, 2.24) is 5.43 Å². The number of benzene rings is 4. The number of nitrogens with zero attached hydrogens (tertiary/aromatic N) is 1. The summed E-state index contributed by atoms with van der Waals surface area (Å²) < 4.78 is 5.68. The zero-order valence-corrected chi connectivity index (χ0v) is 19.4. The number of hydrazone groups is 1. The van der Waals surface area contributed by atoms with E-state index in [-0.39, 0.29) is 10.6 Å². The molecule has 4 aromatic rings. The summed E-state index contributed by atoms with van der Waals surface area (Å²) in [6.45, 7) is 0. The van der Waals surface area contributed by atoms with Crippen molar-refractivity contribution in [3.05, 3.63) is 106 Å². The highest BCUT2D eigenvalue weighted by Crippen LogP contribution is 2.29. The lowest BCUT2D eigenvalue weighted by Gasteiger charge is -2.11. The third-order valence-corrected chi connectivity index (χ3v) is 5.42. The average Bonchev–Trinajstić information content (AvgIpc) is 2.80. The second-order valence-corrected chi connectivity index (χ2v) is 8.15. The molecule has 4 rings (SSSR count). The highest BCUT2D eigenvalue weighted by Gasteiger charge is 2.16. The number of thiocarbonyl (C=S) groups is 1. The fourth-order valence-electron chi connectivity index (χ4n) is 3.14. The van der Waals surface area contributed by atoms with Crippen molar-refractivity contribution >= 4 is 69.2 Å². The van der Waals surface area contributed by atoms with Gasteiger partial charge in [0.15, 0.2) is 5.11 Å². The number of esters is 1. The van der Waals surface area contributed by atoms with Crippen molar-refractivity contribution in [2.45, 2.75) is 0 Å². The molecule has 0 aromatic heterocycles. The van der Waals surface area contributed by atoms with E-state index in [2.05, 4.69) is 15.8 Å². The molecule has 2 N–H and O–H groups in total. The van der Waals surface area contributed by atoms with Crippen LogP contribution in [0.1, 0.15) is 15.9 Å². The van der Waals surface area contributed by atoms with Crippen molar-refractivity contribution in [2.24, 2.45) is 5.10 Å². The molecule has 8 heteroatoms. The molecule has 0 unspecified atom stereocenters. The lowest BCUT2D eigenvalue weighted by Crippen LogP contribution is -2.23. The molecule has 0 fully saturated rings. The van der Waals surface area contributed by atoms with Crippen LogP contribution in [-0.4, -0.2) is 17.3 Å². The van der Waals surface area contributed by atoms with Crippen molar-refractivity contribution < 1.29 is 9.53 Å². The van der Waals surface area contributed by atoms with E-state index in [1.165, 1.54) is 12.1 Å². The Hall–Kier alpha value is -3.45. The van der Waals surface area contributed by atoms with Gasteiger partial charge in [0, 0.05) is 16.3 Å². The molecule has 0 atom stereocenters. The fraction of sp³-hybridized carbons (Fsp3) is 0. The monoisotopic (exact) mass is 493 g/mol. The van der Waals surface area contributed by atoms with Gasteiger partial charge in [-0.2, -0.15) is 5.10 Å². The summed E-state index contributed by atoms with van der Waals surface area (Å²) in [6.07, 6.45) is 1.56. The maximum atomic E-state index is 12.8. The number of fused-ring (bicyclic) bond motifs is 1. The van der Waals surface area contributed by atoms with E-state index in [4.69, 9.17) is 40.2 Å². The number of anilines is 1. The Labute approximate surface area is 206 Å². The first-order valence-electron chi connectivity index (χ1n) is 9.85. The number of rotatable bonds is 5. The van der Waals surface area contributed by atoms with Crippen LogP contribution >= 0.6 is 35.4 Å². The van der Waals surface area contributed by atoms with Gasteiger partial charge in [0.2, 0.25) is 0 Å². The number of halogens is 2. The molecule has 0 aliphatic carbocycles. The van der Waals surface area contributed by atoms with Gasteiger partial charge in [0.25, 0.3) is 0 Å². The number of para-hydroxylation sites is 1. The van der Waals surface area contributed by atoms with E-state index in [1.807, 2.05) is 60.7 Å². The van der Waals surface area contributed by atoms with E-state index < -0.39 is 5.97 Å².